The molecule has 0 radical (unpaired) electrons. The van der Waals surface area contributed by atoms with Crippen LogP contribution < -0.4 is 14.8 Å². The van der Waals surface area contributed by atoms with E-state index in [0.717, 1.165) is 0 Å². The van der Waals surface area contributed by atoms with Crippen LogP contribution in [0.3, 0.4) is 0 Å². The van der Waals surface area contributed by atoms with E-state index in [1.165, 1.54) is 19.2 Å². The van der Waals surface area contributed by atoms with E-state index in [4.69, 9.17) is 14.2 Å². The zero-order chi connectivity index (χ0) is 17.5. The molecule has 0 spiro atoms. The van der Waals surface area contributed by atoms with Gasteiger partial charge in [-0.25, -0.2) is 4.39 Å². The van der Waals surface area contributed by atoms with Crippen molar-refractivity contribution in [3.05, 3.63) is 52.3 Å². The van der Waals surface area contributed by atoms with Crippen molar-refractivity contribution >= 4 is 27.5 Å². The Bertz CT molecular complexity index is 724. The number of halogens is 2. The minimum absolute atomic E-state index is 0.0455. The molecule has 0 saturated heterocycles. The summed E-state index contributed by atoms with van der Waals surface area (Å²) in [5, 5.41) is 2.64. The molecule has 0 aliphatic rings. The summed E-state index contributed by atoms with van der Waals surface area (Å²) in [7, 11) is 3.10. The van der Waals surface area contributed by atoms with Gasteiger partial charge in [0.25, 0.3) is 5.91 Å². The van der Waals surface area contributed by atoms with Gasteiger partial charge in [-0.15, -0.1) is 0 Å². The van der Waals surface area contributed by atoms with Crippen LogP contribution >= 0.6 is 15.9 Å². The number of rotatable bonds is 7. The molecule has 0 bridgehead atoms. The molecular weight excluding hydrogens is 381 g/mol. The number of hydrogen-bond donors (Lipinski definition) is 1. The van der Waals surface area contributed by atoms with Gasteiger partial charge in [-0.05, 0) is 30.3 Å². The average Bonchev–Trinajstić information content (AvgIpc) is 2.55. The van der Waals surface area contributed by atoms with Gasteiger partial charge in [0, 0.05) is 23.3 Å². The third-order valence-corrected chi connectivity index (χ3v) is 3.64. The van der Waals surface area contributed by atoms with Gasteiger partial charge in [0.1, 0.15) is 12.4 Å². The summed E-state index contributed by atoms with van der Waals surface area (Å²) < 4.78 is 30.1. The van der Waals surface area contributed by atoms with Crippen LogP contribution in [0, 0.1) is 5.82 Å². The SMILES string of the molecule is COCCOc1cc(NC(=O)c2ccc(Br)cc2F)ccc1OC. The molecule has 0 aliphatic heterocycles. The van der Waals surface area contributed by atoms with Gasteiger partial charge >= 0.3 is 0 Å². The molecule has 7 heteroatoms. The van der Waals surface area contributed by atoms with Crippen molar-refractivity contribution in [3.8, 4) is 11.5 Å². The summed E-state index contributed by atoms with van der Waals surface area (Å²) in [6, 6.07) is 9.18. The Morgan fingerprint density at radius 1 is 1.12 bits per heavy atom. The maximum Gasteiger partial charge on any atom is 0.258 e. The molecule has 0 heterocycles. The predicted molar refractivity (Wildman–Crippen MR) is 92.4 cm³/mol. The number of carbonyl (C=O) groups excluding carboxylic acids is 1. The van der Waals surface area contributed by atoms with E-state index in [1.54, 1.807) is 31.4 Å². The fraction of sp³-hybridized carbons (Fsp3) is 0.235. The number of methoxy groups -OCH3 is 2. The minimum atomic E-state index is -0.605. The molecule has 0 aromatic heterocycles. The Morgan fingerprint density at radius 2 is 1.92 bits per heavy atom. The van der Waals surface area contributed by atoms with Gasteiger partial charge in [-0.1, -0.05) is 15.9 Å². The van der Waals surface area contributed by atoms with Crippen LogP contribution in [0.4, 0.5) is 10.1 Å². The molecule has 1 N–H and O–H groups in total. The fourth-order valence-corrected chi connectivity index (χ4v) is 2.31. The number of hydrogen-bond acceptors (Lipinski definition) is 4. The molecule has 0 atom stereocenters. The average molecular weight is 398 g/mol. The molecule has 2 aromatic rings. The molecule has 0 unspecified atom stereocenters. The van der Waals surface area contributed by atoms with Crippen LogP contribution in [0.15, 0.2) is 40.9 Å². The van der Waals surface area contributed by atoms with Crippen molar-refractivity contribution in [1.29, 1.82) is 0 Å². The molecule has 2 rings (SSSR count). The molecule has 2 aromatic carbocycles. The van der Waals surface area contributed by atoms with Crippen LogP contribution in [0.25, 0.3) is 0 Å². The fourth-order valence-electron chi connectivity index (χ4n) is 1.97. The first-order valence-corrected chi connectivity index (χ1v) is 7.90. The lowest BCUT2D eigenvalue weighted by molar-refractivity contribution is 0.102. The normalized spacial score (nSPS) is 10.3. The van der Waals surface area contributed by atoms with Gasteiger partial charge < -0.3 is 19.5 Å². The minimum Gasteiger partial charge on any atom is -0.493 e. The topological polar surface area (TPSA) is 56.8 Å². The maximum atomic E-state index is 13.9. The second-order valence-corrected chi connectivity index (χ2v) is 5.70. The van der Waals surface area contributed by atoms with E-state index in [2.05, 4.69) is 21.2 Å². The van der Waals surface area contributed by atoms with Gasteiger partial charge in [-0.3, -0.25) is 4.79 Å². The molecule has 5 nitrogen and oxygen atoms in total. The van der Waals surface area contributed by atoms with E-state index in [-0.39, 0.29) is 5.56 Å². The molecule has 1 amide bonds. The van der Waals surface area contributed by atoms with Crippen LogP contribution in [-0.4, -0.2) is 33.3 Å². The summed E-state index contributed by atoms with van der Waals surface area (Å²) in [4.78, 5) is 12.2. The zero-order valence-electron chi connectivity index (χ0n) is 13.3. The summed E-state index contributed by atoms with van der Waals surface area (Å²) >= 11 is 3.16. The Kier molecular flexibility index (Phi) is 6.57. The lowest BCUT2D eigenvalue weighted by Crippen LogP contribution is -2.14. The standard InChI is InChI=1S/C17H17BrFNO4/c1-22-7-8-24-16-10-12(4-6-15(16)23-2)20-17(21)13-5-3-11(18)9-14(13)19/h3-6,9-10H,7-8H2,1-2H3,(H,20,21). The highest BCUT2D eigenvalue weighted by Gasteiger charge is 2.13. The largest absolute Gasteiger partial charge is 0.493 e. The van der Waals surface area contributed by atoms with Crippen LogP contribution in [0.5, 0.6) is 11.5 Å². The van der Waals surface area contributed by atoms with Crippen LogP contribution in [0.2, 0.25) is 0 Å². The van der Waals surface area contributed by atoms with Gasteiger partial charge in [-0.2, -0.15) is 0 Å². The monoisotopic (exact) mass is 397 g/mol. The second kappa shape index (κ2) is 8.65. The van der Waals surface area contributed by atoms with E-state index < -0.39 is 11.7 Å². The third kappa shape index (κ3) is 4.69. The number of ether oxygens (including phenoxy) is 3. The van der Waals surface area contributed by atoms with Crippen molar-refractivity contribution in [2.75, 3.05) is 32.8 Å². The number of amides is 1. The predicted octanol–water partition coefficient (Wildman–Crippen LogP) is 3.87. The molecule has 0 fully saturated rings. The zero-order valence-corrected chi connectivity index (χ0v) is 14.9. The molecular formula is C17H17BrFNO4. The first-order valence-electron chi connectivity index (χ1n) is 7.11. The van der Waals surface area contributed by atoms with E-state index >= 15 is 0 Å². The summed E-state index contributed by atoms with van der Waals surface area (Å²) in [5.41, 5.74) is 0.423. The molecule has 0 saturated carbocycles. The van der Waals surface area contributed by atoms with Crippen molar-refractivity contribution in [2.45, 2.75) is 0 Å². The number of carbonyl (C=O) groups is 1. The smallest absolute Gasteiger partial charge is 0.258 e. The molecule has 24 heavy (non-hydrogen) atoms. The lowest BCUT2D eigenvalue weighted by Gasteiger charge is -2.13. The Morgan fingerprint density at radius 3 is 2.58 bits per heavy atom. The molecule has 0 aliphatic carbocycles. The van der Waals surface area contributed by atoms with Crippen molar-refractivity contribution in [1.82, 2.24) is 0 Å². The maximum absolute atomic E-state index is 13.9. The highest BCUT2D eigenvalue weighted by Crippen LogP contribution is 2.30. The Labute approximate surface area is 147 Å². The summed E-state index contributed by atoms with van der Waals surface area (Å²) in [5.74, 6) is -0.164. The van der Waals surface area contributed by atoms with E-state index in [9.17, 15) is 9.18 Å². The number of anilines is 1. The van der Waals surface area contributed by atoms with Gasteiger partial charge in [0.15, 0.2) is 11.5 Å². The van der Waals surface area contributed by atoms with Gasteiger partial charge in [0.2, 0.25) is 0 Å². The highest BCUT2D eigenvalue weighted by molar-refractivity contribution is 9.10. The van der Waals surface area contributed by atoms with Crippen LogP contribution in [-0.2, 0) is 4.74 Å². The third-order valence-electron chi connectivity index (χ3n) is 3.14. The number of benzene rings is 2. The first-order chi connectivity index (χ1) is 11.5. The van der Waals surface area contributed by atoms with Crippen molar-refractivity contribution in [2.24, 2.45) is 0 Å². The van der Waals surface area contributed by atoms with Crippen LogP contribution in [0.1, 0.15) is 10.4 Å². The van der Waals surface area contributed by atoms with Crippen molar-refractivity contribution in [3.63, 3.8) is 0 Å². The van der Waals surface area contributed by atoms with Gasteiger partial charge in [0.05, 0.1) is 19.3 Å². The lowest BCUT2D eigenvalue weighted by atomic mass is 10.2. The Hall–Kier alpha value is -2.12. The summed E-state index contributed by atoms with van der Waals surface area (Å²) in [6.45, 7) is 0.759. The summed E-state index contributed by atoms with van der Waals surface area (Å²) in [6.07, 6.45) is 0. The van der Waals surface area contributed by atoms with E-state index in [1.807, 2.05) is 0 Å². The quantitative estimate of drug-likeness (QED) is 0.720. The highest BCUT2D eigenvalue weighted by atomic mass is 79.9. The first kappa shape index (κ1) is 18.2. The van der Waals surface area contributed by atoms with E-state index in [0.29, 0.717) is 34.9 Å². The molecule has 128 valence electrons. The Balaban J connectivity index is 2.16. The van der Waals surface area contributed by atoms with Crippen molar-refractivity contribution < 1.29 is 23.4 Å². The number of nitrogens with one attached hydrogen (secondary N) is 1. The second-order valence-electron chi connectivity index (χ2n) is 4.79.